The number of morpholine rings is 1. The maximum absolute atomic E-state index is 12.3. The Kier molecular flexibility index (Phi) is 3.88. The van der Waals surface area contributed by atoms with Gasteiger partial charge in [0, 0.05) is 45.3 Å². The fraction of sp³-hybridized carbons (Fsp3) is 0.692. The fourth-order valence-corrected chi connectivity index (χ4v) is 2.47. The molecule has 1 amide bonds. The first-order valence-electron chi connectivity index (χ1n) is 7.01. The summed E-state index contributed by atoms with van der Waals surface area (Å²) >= 11 is 0. The topological polar surface area (TPSA) is 62.0 Å². The van der Waals surface area contributed by atoms with Crippen LogP contribution >= 0.6 is 0 Å². The maximum Gasteiger partial charge on any atom is 0.276 e. The van der Waals surface area contributed by atoms with Gasteiger partial charge >= 0.3 is 0 Å². The molecule has 0 bridgehead atoms. The van der Waals surface area contributed by atoms with Crippen LogP contribution in [-0.4, -0.2) is 80.4 Å². The van der Waals surface area contributed by atoms with Crippen LogP contribution in [0.3, 0.4) is 0 Å². The molecule has 2 aliphatic heterocycles. The summed E-state index contributed by atoms with van der Waals surface area (Å²) in [7, 11) is 2.06. The SMILES string of the molecule is CN1CCN(C(=O)c2cc(N3CCOCC3)on2)CC1. The van der Waals surface area contributed by atoms with Gasteiger partial charge in [-0.25, -0.2) is 0 Å². The second-order valence-corrected chi connectivity index (χ2v) is 5.25. The zero-order valence-electron chi connectivity index (χ0n) is 11.7. The number of anilines is 1. The molecule has 110 valence electrons. The third-order valence-electron chi connectivity index (χ3n) is 3.83. The van der Waals surface area contributed by atoms with Crippen molar-refractivity contribution in [2.45, 2.75) is 0 Å². The van der Waals surface area contributed by atoms with Crippen molar-refractivity contribution in [2.75, 3.05) is 64.4 Å². The summed E-state index contributed by atoms with van der Waals surface area (Å²) in [6.45, 7) is 6.21. The zero-order chi connectivity index (χ0) is 13.9. The van der Waals surface area contributed by atoms with E-state index >= 15 is 0 Å². The lowest BCUT2D eigenvalue weighted by molar-refractivity contribution is 0.0654. The van der Waals surface area contributed by atoms with E-state index in [2.05, 4.69) is 22.0 Å². The normalized spacial score (nSPS) is 21.2. The van der Waals surface area contributed by atoms with E-state index in [4.69, 9.17) is 9.26 Å². The van der Waals surface area contributed by atoms with Crippen LogP contribution in [0.25, 0.3) is 0 Å². The third kappa shape index (κ3) is 2.78. The van der Waals surface area contributed by atoms with E-state index in [1.165, 1.54) is 0 Å². The van der Waals surface area contributed by atoms with E-state index in [1.54, 1.807) is 6.07 Å². The molecule has 2 aliphatic rings. The number of piperazine rings is 1. The highest BCUT2D eigenvalue weighted by molar-refractivity contribution is 5.93. The third-order valence-corrected chi connectivity index (χ3v) is 3.83. The minimum atomic E-state index is -0.0404. The van der Waals surface area contributed by atoms with Gasteiger partial charge in [-0.05, 0) is 7.05 Å². The van der Waals surface area contributed by atoms with Gasteiger partial charge < -0.3 is 24.0 Å². The Morgan fingerprint density at radius 3 is 2.55 bits per heavy atom. The number of amides is 1. The molecule has 20 heavy (non-hydrogen) atoms. The Bertz CT molecular complexity index is 462. The number of carbonyl (C=O) groups is 1. The summed E-state index contributed by atoms with van der Waals surface area (Å²) in [6, 6.07) is 1.74. The van der Waals surface area contributed by atoms with Gasteiger partial charge in [-0.1, -0.05) is 5.16 Å². The molecule has 0 spiro atoms. The number of likely N-dealkylation sites (N-methyl/N-ethyl adjacent to an activating group) is 1. The van der Waals surface area contributed by atoms with Crippen LogP contribution in [0.1, 0.15) is 10.5 Å². The van der Waals surface area contributed by atoms with Gasteiger partial charge in [0.15, 0.2) is 5.69 Å². The number of aromatic nitrogens is 1. The minimum absolute atomic E-state index is 0.0404. The molecule has 3 heterocycles. The van der Waals surface area contributed by atoms with Crippen molar-refractivity contribution in [2.24, 2.45) is 0 Å². The zero-order valence-corrected chi connectivity index (χ0v) is 11.7. The van der Waals surface area contributed by atoms with Crippen LogP contribution in [-0.2, 0) is 4.74 Å². The van der Waals surface area contributed by atoms with Crippen molar-refractivity contribution in [1.82, 2.24) is 15.0 Å². The van der Waals surface area contributed by atoms with Crippen molar-refractivity contribution >= 4 is 11.8 Å². The summed E-state index contributed by atoms with van der Waals surface area (Å²) in [5.41, 5.74) is 0.399. The van der Waals surface area contributed by atoms with Crippen LogP contribution in [0, 0.1) is 0 Å². The first-order chi connectivity index (χ1) is 9.74. The Labute approximate surface area is 118 Å². The molecule has 0 aromatic carbocycles. The molecule has 1 aromatic rings. The predicted molar refractivity (Wildman–Crippen MR) is 72.9 cm³/mol. The number of hydrogen-bond donors (Lipinski definition) is 0. The Hall–Kier alpha value is -1.60. The van der Waals surface area contributed by atoms with Crippen molar-refractivity contribution in [3.8, 4) is 0 Å². The molecule has 0 saturated carbocycles. The lowest BCUT2D eigenvalue weighted by Gasteiger charge is -2.31. The largest absolute Gasteiger partial charge is 0.378 e. The van der Waals surface area contributed by atoms with E-state index < -0.39 is 0 Å². The summed E-state index contributed by atoms with van der Waals surface area (Å²) < 4.78 is 10.6. The second-order valence-electron chi connectivity index (χ2n) is 5.25. The molecule has 2 saturated heterocycles. The van der Waals surface area contributed by atoms with Crippen molar-refractivity contribution in [3.63, 3.8) is 0 Å². The number of nitrogens with zero attached hydrogens (tertiary/aromatic N) is 4. The van der Waals surface area contributed by atoms with Crippen LogP contribution in [0.4, 0.5) is 5.88 Å². The van der Waals surface area contributed by atoms with Gasteiger partial charge in [0.1, 0.15) is 0 Å². The molecular weight excluding hydrogens is 260 g/mol. The molecule has 0 unspecified atom stereocenters. The Morgan fingerprint density at radius 2 is 1.85 bits per heavy atom. The summed E-state index contributed by atoms with van der Waals surface area (Å²) in [4.78, 5) is 18.4. The fourth-order valence-electron chi connectivity index (χ4n) is 2.47. The molecule has 7 nitrogen and oxygen atoms in total. The summed E-state index contributed by atoms with van der Waals surface area (Å²) in [6.07, 6.45) is 0. The summed E-state index contributed by atoms with van der Waals surface area (Å²) in [5, 5.41) is 3.92. The Morgan fingerprint density at radius 1 is 1.15 bits per heavy atom. The van der Waals surface area contributed by atoms with E-state index in [9.17, 15) is 4.79 Å². The number of ether oxygens (including phenoxy) is 1. The standard InChI is InChI=1S/C13H20N4O3/c1-15-2-4-17(5-3-15)13(18)11-10-12(20-14-11)16-6-8-19-9-7-16/h10H,2-9H2,1H3. The van der Waals surface area contributed by atoms with Crippen molar-refractivity contribution < 1.29 is 14.1 Å². The highest BCUT2D eigenvalue weighted by Crippen LogP contribution is 2.18. The van der Waals surface area contributed by atoms with Gasteiger partial charge in [0.2, 0.25) is 5.88 Å². The number of hydrogen-bond acceptors (Lipinski definition) is 6. The lowest BCUT2D eigenvalue weighted by Crippen LogP contribution is -2.47. The molecule has 0 radical (unpaired) electrons. The Balaban J connectivity index is 1.65. The molecule has 0 aliphatic carbocycles. The van der Waals surface area contributed by atoms with Gasteiger partial charge in [0.25, 0.3) is 5.91 Å². The van der Waals surface area contributed by atoms with Crippen LogP contribution in [0.2, 0.25) is 0 Å². The monoisotopic (exact) mass is 280 g/mol. The first-order valence-corrected chi connectivity index (χ1v) is 7.01. The van der Waals surface area contributed by atoms with Gasteiger partial charge in [-0.2, -0.15) is 0 Å². The molecule has 3 rings (SSSR count). The quantitative estimate of drug-likeness (QED) is 0.754. The van der Waals surface area contributed by atoms with E-state index in [0.29, 0.717) is 24.8 Å². The van der Waals surface area contributed by atoms with Crippen LogP contribution in [0.15, 0.2) is 10.6 Å². The number of carbonyl (C=O) groups excluding carboxylic acids is 1. The molecule has 1 aromatic heterocycles. The highest BCUT2D eigenvalue weighted by Gasteiger charge is 2.24. The van der Waals surface area contributed by atoms with Gasteiger partial charge in [-0.15, -0.1) is 0 Å². The molecular formula is C13H20N4O3. The summed E-state index contributed by atoms with van der Waals surface area (Å²) in [5.74, 6) is 0.618. The molecule has 0 atom stereocenters. The second kappa shape index (κ2) is 5.80. The first kappa shape index (κ1) is 13.4. The minimum Gasteiger partial charge on any atom is -0.378 e. The predicted octanol–water partition coefficient (Wildman–Crippen LogP) is -0.101. The number of rotatable bonds is 2. The average Bonchev–Trinajstić information content (AvgIpc) is 2.98. The average molecular weight is 280 g/mol. The van der Waals surface area contributed by atoms with Crippen molar-refractivity contribution in [1.29, 1.82) is 0 Å². The molecule has 7 heteroatoms. The lowest BCUT2D eigenvalue weighted by atomic mass is 10.3. The van der Waals surface area contributed by atoms with E-state index in [-0.39, 0.29) is 5.91 Å². The van der Waals surface area contributed by atoms with E-state index in [0.717, 1.165) is 39.3 Å². The highest BCUT2D eigenvalue weighted by atomic mass is 16.5. The van der Waals surface area contributed by atoms with Crippen LogP contribution < -0.4 is 4.90 Å². The van der Waals surface area contributed by atoms with E-state index in [1.807, 2.05) is 4.90 Å². The van der Waals surface area contributed by atoms with Gasteiger partial charge in [0.05, 0.1) is 13.2 Å². The smallest absolute Gasteiger partial charge is 0.276 e. The molecule has 0 N–H and O–H groups in total. The maximum atomic E-state index is 12.3. The van der Waals surface area contributed by atoms with Crippen LogP contribution in [0.5, 0.6) is 0 Å². The molecule has 2 fully saturated rings. The van der Waals surface area contributed by atoms with Gasteiger partial charge in [-0.3, -0.25) is 4.79 Å². The van der Waals surface area contributed by atoms with Crippen molar-refractivity contribution in [3.05, 3.63) is 11.8 Å².